The van der Waals surface area contributed by atoms with Crippen LogP contribution in [0.3, 0.4) is 0 Å². The van der Waals surface area contributed by atoms with E-state index in [9.17, 15) is 0 Å². The second-order valence-corrected chi connectivity index (χ2v) is 4.59. The minimum absolute atomic E-state index is 1.11. The molecule has 82 valence electrons. The molecule has 0 amide bonds. The number of aryl methyl sites for hydroxylation is 2. The Labute approximate surface area is 96.8 Å². The first kappa shape index (κ1) is 10.9. The molecular formula is C15H17N. The fourth-order valence-electron chi connectivity index (χ4n) is 1.94. The Morgan fingerprint density at radius 2 is 1.94 bits per heavy atom. The summed E-state index contributed by atoms with van der Waals surface area (Å²) in [6, 6.07) is 6.50. The van der Waals surface area contributed by atoms with E-state index in [0.717, 1.165) is 5.52 Å². The summed E-state index contributed by atoms with van der Waals surface area (Å²) in [6.45, 7) is 8.45. The SMILES string of the molecule is CC(C)=Cc1ccc2cc(C)cnc2c1C. The number of nitrogens with zero attached hydrogens (tertiary/aromatic N) is 1. The van der Waals surface area contributed by atoms with Gasteiger partial charge in [-0.1, -0.05) is 23.8 Å². The lowest BCUT2D eigenvalue weighted by Crippen LogP contribution is -1.88. The molecule has 2 rings (SSSR count). The number of aromatic nitrogens is 1. The Bertz CT molecular complexity index is 561. The van der Waals surface area contributed by atoms with Crippen molar-refractivity contribution in [3.05, 3.63) is 46.7 Å². The van der Waals surface area contributed by atoms with Crippen molar-refractivity contribution in [1.82, 2.24) is 4.98 Å². The molecule has 0 N–H and O–H groups in total. The first-order chi connectivity index (χ1) is 7.58. The smallest absolute Gasteiger partial charge is 0.0737 e. The van der Waals surface area contributed by atoms with Crippen molar-refractivity contribution in [3.8, 4) is 0 Å². The maximum absolute atomic E-state index is 4.52. The van der Waals surface area contributed by atoms with Gasteiger partial charge in [-0.3, -0.25) is 4.98 Å². The highest BCUT2D eigenvalue weighted by Crippen LogP contribution is 2.22. The molecule has 0 aliphatic carbocycles. The molecule has 2 aromatic rings. The second-order valence-electron chi connectivity index (χ2n) is 4.59. The summed E-state index contributed by atoms with van der Waals surface area (Å²) in [7, 11) is 0. The zero-order chi connectivity index (χ0) is 11.7. The van der Waals surface area contributed by atoms with Crippen LogP contribution < -0.4 is 0 Å². The van der Waals surface area contributed by atoms with Crippen LogP contribution in [0.5, 0.6) is 0 Å². The molecule has 0 saturated heterocycles. The third kappa shape index (κ3) is 1.99. The van der Waals surface area contributed by atoms with E-state index in [-0.39, 0.29) is 0 Å². The van der Waals surface area contributed by atoms with E-state index in [2.05, 4.69) is 57.0 Å². The van der Waals surface area contributed by atoms with Crippen molar-refractivity contribution in [2.45, 2.75) is 27.7 Å². The predicted octanol–water partition coefficient (Wildman–Crippen LogP) is 4.27. The van der Waals surface area contributed by atoms with Gasteiger partial charge in [0.05, 0.1) is 5.52 Å². The molecule has 0 aliphatic rings. The van der Waals surface area contributed by atoms with Crippen LogP contribution in [0.2, 0.25) is 0 Å². The minimum atomic E-state index is 1.11. The average Bonchev–Trinajstić information content (AvgIpc) is 2.22. The number of pyridine rings is 1. The Hall–Kier alpha value is -1.63. The van der Waals surface area contributed by atoms with Crippen molar-refractivity contribution >= 4 is 17.0 Å². The van der Waals surface area contributed by atoms with Gasteiger partial charge in [0.2, 0.25) is 0 Å². The summed E-state index contributed by atoms with van der Waals surface area (Å²) in [5.41, 5.74) is 6.17. The van der Waals surface area contributed by atoms with Crippen molar-refractivity contribution in [3.63, 3.8) is 0 Å². The van der Waals surface area contributed by atoms with E-state index < -0.39 is 0 Å². The van der Waals surface area contributed by atoms with E-state index in [1.165, 1.54) is 27.6 Å². The van der Waals surface area contributed by atoms with Crippen molar-refractivity contribution in [1.29, 1.82) is 0 Å². The predicted molar refractivity (Wildman–Crippen MR) is 70.5 cm³/mol. The van der Waals surface area contributed by atoms with E-state index in [4.69, 9.17) is 0 Å². The molecule has 0 aliphatic heterocycles. The number of allylic oxidation sites excluding steroid dienone is 1. The molecular weight excluding hydrogens is 194 g/mol. The molecule has 1 heterocycles. The molecule has 1 aromatic carbocycles. The lowest BCUT2D eigenvalue weighted by atomic mass is 10.0. The van der Waals surface area contributed by atoms with Gasteiger partial charge in [-0.25, -0.2) is 0 Å². The summed E-state index contributed by atoms with van der Waals surface area (Å²) in [6.07, 6.45) is 4.14. The van der Waals surface area contributed by atoms with Crippen LogP contribution in [0.1, 0.15) is 30.5 Å². The number of hydrogen-bond acceptors (Lipinski definition) is 1. The van der Waals surface area contributed by atoms with Crippen LogP contribution in [-0.4, -0.2) is 4.98 Å². The van der Waals surface area contributed by atoms with Crippen LogP contribution in [-0.2, 0) is 0 Å². The fraction of sp³-hybridized carbons (Fsp3) is 0.267. The van der Waals surface area contributed by atoms with Gasteiger partial charge in [0.1, 0.15) is 0 Å². The average molecular weight is 211 g/mol. The second kappa shape index (κ2) is 4.09. The number of hydrogen-bond donors (Lipinski definition) is 0. The molecule has 0 spiro atoms. The van der Waals surface area contributed by atoms with E-state index in [1.807, 2.05) is 6.20 Å². The van der Waals surface area contributed by atoms with Crippen LogP contribution in [0.4, 0.5) is 0 Å². The highest BCUT2D eigenvalue weighted by Gasteiger charge is 2.02. The van der Waals surface area contributed by atoms with Gasteiger partial charge in [-0.2, -0.15) is 0 Å². The van der Waals surface area contributed by atoms with Gasteiger partial charge >= 0.3 is 0 Å². The molecule has 0 fully saturated rings. The topological polar surface area (TPSA) is 12.9 Å². The van der Waals surface area contributed by atoms with Crippen molar-refractivity contribution in [2.75, 3.05) is 0 Å². The summed E-state index contributed by atoms with van der Waals surface area (Å²) in [5.74, 6) is 0. The number of fused-ring (bicyclic) bond motifs is 1. The molecule has 1 nitrogen and oxygen atoms in total. The van der Waals surface area contributed by atoms with Gasteiger partial charge in [-0.15, -0.1) is 0 Å². The van der Waals surface area contributed by atoms with Gasteiger partial charge in [0.15, 0.2) is 0 Å². The third-order valence-corrected chi connectivity index (χ3v) is 2.73. The van der Waals surface area contributed by atoms with E-state index >= 15 is 0 Å². The van der Waals surface area contributed by atoms with Crippen LogP contribution >= 0.6 is 0 Å². The minimum Gasteiger partial charge on any atom is -0.256 e. The first-order valence-electron chi connectivity index (χ1n) is 5.59. The number of rotatable bonds is 1. The summed E-state index contributed by atoms with van der Waals surface area (Å²) in [5, 5.41) is 1.23. The summed E-state index contributed by atoms with van der Waals surface area (Å²) < 4.78 is 0. The molecule has 1 aromatic heterocycles. The summed E-state index contributed by atoms with van der Waals surface area (Å²) in [4.78, 5) is 4.52. The lowest BCUT2D eigenvalue weighted by molar-refractivity contribution is 1.30. The maximum Gasteiger partial charge on any atom is 0.0737 e. The molecule has 0 saturated carbocycles. The van der Waals surface area contributed by atoms with Gasteiger partial charge < -0.3 is 0 Å². The van der Waals surface area contributed by atoms with Crippen molar-refractivity contribution in [2.24, 2.45) is 0 Å². The third-order valence-electron chi connectivity index (χ3n) is 2.73. The Morgan fingerprint density at radius 3 is 2.62 bits per heavy atom. The van der Waals surface area contributed by atoms with Crippen LogP contribution in [0.25, 0.3) is 17.0 Å². The van der Waals surface area contributed by atoms with Gasteiger partial charge in [0, 0.05) is 11.6 Å². The quantitative estimate of drug-likeness (QED) is 0.686. The molecule has 1 heteroatoms. The molecule has 16 heavy (non-hydrogen) atoms. The van der Waals surface area contributed by atoms with Crippen molar-refractivity contribution < 1.29 is 0 Å². The van der Waals surface area contributed by atoms with Gasteiger partial charge in [0.25, 0.3) is 0 Å². The molecule has 0 radical (unpaired) electrons. The zero-order valence-corrected chi connectivity index (χ0v) is 10.3. The largest absolute Gasteiger partial charge is 0.256 e. The molecule has 0 atom stereocenters. The lowest BCUT2D eigenvalue weighted by Gasteiger charge is -2.06. The number of benzene rings is 1. The normalized spacial score (nSPS) is 10.5. The summed E-state index contributed by atoms with van der Waals surface area (Å²) >= 11 is 0. The van der Waals surface area contributed by atoms with E-state index in [1.54, 1.807) is 0 Å². The zero-order valence-electron chi connectivity index (χ0n) is 10.3. The maximum atomic E-state index is 4.52. The monoisotopic (exact) mass is 211 g/mol. The van der Waals surface area contributed by atoms with E-state index in [0.29, 0.717) is 0 Å². The highest BCUT2D eigenvalue weighted by molar-refractivity contribution is 5.85. The van der Waals surface area contributed by atoms with Crippen LogP contribution in [0, 0.1) is 13.8 Å². The van der Waals surface area contributed by atoms with Gasteiger partial charge in [-0.05, 0) is 50.5 Å². The fourth-order valence-corrected chi connectivity index (χ4v) is 1.94. The molecule has 0 unspecified atom stereocenters. The van der Waals surface area contributed by atoms with Crippen LogP contribution in [0.15, 0.2) is 30.0 Å². The Morgan fingerprint density at radius 1 is 1.19 bits per heavy atom. The molecule has 0 bridgehead atoms. The standard InChI is InChI=1S/C15H17N/c1-10(2)7-13-5-6-14-8-11(3)9-16-15(14)12(13)4/h5-9H,1-4H3. The Balaban J connectivity index is 2.70. The Kier molecular flexibility index (Phi) is 2.78. The first-order valence-corrected chi connectivity index (χ1v) is 5.59. The highest BCUT2D eigenvalue weighted by atomic mass is 14.7.